The van der Waals surface area contributed by atoms with Crippen molar-refractivity contribution in [3.63, 3.8) is 0 Å². The topological polar surface area (TPSA) is 125 Å². The SMILES string of the molecule is O=C(NC(CC(F)(F)F)C(=O)NCC[C@H](O)C(=O)O)OCC1c2ccccc2-c2ccccc21. The van der Waals surface area contributed by atoms with E-state index in [1.165, 1.54) is 0 Å². The first-order valence-electron chi connectivity index (χ1n) is 10.4. The number of carbonyl (C=O) groups excluding carboxylic acids is 2. The van der Waals surface area contributed by atoms with Crippen molar-refractivity contribution < 1.29 is 42.5 Å². The molecular weight excluding hydrogens is 457 g/mol. The zero-order chi connectivity index (χ0) is 24.9. The summed E-state index contributed by atoms with van der Waals surface area (Å²) in [7, 11) is 0. The molecule has 0 heterocycles. The van der Waals surface area contributed by atoms with Gasteiger partial charge in [-0.2, -0.15) is 13.2 Å². The molecule has 182 valence electrons. The van der Waals surface area contributed by atoms with Crippen molar-refractivity contribution in [2.24, 2.45) is 0 Å². The van der Waals surface area contributed by atoms with Crippen LogP contribution in [0.1, 0.15) is 29.9 Å². The molecule has 1 unspecified atom stereocenters. The molecule has 0 aliphatic heterocycles. The third kappa shape index (κ3) is 6.25. The van der Waals surface area contributed by atoms with E-state index in [4.69, 9.17) is 9.84 Å². The highest BCUT2D eigenvalue weighted by Gasteiger charge is 2.37. The molecule has 2 aromatic rings. The summed E-state index contributed by atoms with van der Waals surface area (Å²) >= 11 is 0. The van der Waals surface area contributed by atoms with E-state index in [1.807, 2.05) is 53.8 Å². The van der Waals surface area contributed by atoms with Gasteiger partial charge in [0.2, 0.25) is 5.91 Å². The molecule has 2 amide bonds. The average Bonchev–Trinajstić information content (AvgIpc) is 3.10. The Kier molecular flexibility index (Phi) is 7.77. The molecule has 0 spiro atoms. The lowest BCUT2D eigenvalue weighted by Crippen LogP contribution is -2.49. The lowest BCUT2D eigenvalue weighted by molar-refractivity contribution is -0.149. The highest BCUT2D eigenvalue weighted by atomic mass is 19.4. The van der Waals surface area contributed by atoms with Crippen LogP contribution in [0.5, 0.6) is 0 Å². The van der Waals surface area contributed by atoms with Crippen LogP contribution in [0.15, 0.2) is 48.5 Å². The summed E-state index contributed by atoms with van der Waals surface area (Å²) in [6.45, 7) is -0.544. The Morgan fingerprint density at radius 3 is 2.09 bits per heavy atom. The van der Waals surface area contributed by atoms with Crippen molar-refractivity contribution >= 4 is 18.0 Å². The Labute approximate surface area is 192 Å². The molecule has 34 heavy (non-hydrogen) atoms. The van der Waals surface area contributed by atoms with Crippen molar-refractivity contribution in [3.05, 3.63) is 59.7 Å². The number of aliphatic hydroxyl groups is 1. The van der Waals surface area contributed by atoms with E-state index in [-0.39, 0.29) is 12.5 Å². The Morgan fingerprint density at radius 1 is 1.00 bits per heavy atom. The number of aliphatic hydroxyl groups excluding tert-OH is 1. The van der Waals surface area contributed by atoms with Crippen LogP contribution in [0.3, 0.4) is 0 Å². The van der Waals surface area contributed by atoms with Crippen molar-refractivity contribution in [1.29, 1.82) is 0 Å². The normalized spacial score (nSPS) is 14.5. The first-order chi connectivity index (χ1) is 16.1. The number of carboxylic acids is 1. The van der Waals surface area contributed by atoms with Crippen molar-refractivity contribution in [3.8, 4) is 11.1 Å². The smallest absolute Gasteiger partial charge is 0.407 e. The Hall–Kier alpha value is -3.60. The van der Waals surface area contributed by atoms with Gasteiger partial charge in [-0.15, -0.1) is 0 Å². The fraction of sp³-hybridized carbons (Fsp3) is 0.348. The Morgan fingerprint density at radius 2 is 1.56 bits per heavy atom. The summed E-state index contributed by atoms with van der Waals surface area (Å²) < 4.78 is 44.0. The fourth-order valence-electron chi connectivity index (χ4n) is 3.80. The summed E-state index contributed by atoms with van der Waals surface area (Å²) in [6, 6.07) is 13.1. The molecule has 1 aliphatic rings. The van der Waals surface area contributed by atoms with Crippen LogP contribution in [0.4, 0.5) is 18.0 Å². The molecule has 3 rings (SSSR count). The molecule has 0 fully saturated rings. The number of amides is 2. The van der Waals surface area contributed by atoms with Gasteiger partial charge >= 0.3 is 18.2 Å². The van der Waals surface area contributed by atoms with Gasteiger partial charge in [-0.05, 0) is 22.3 Å². The zero-order valence-electron chi connectivity index (χ0n) is 17.8. The van der Waals surface area contributed by atoms with Gasteiger partial charge in [0.25, 0.3) is 0 Å². The number of halogens is 3. The molecular formula is C23H23F3N2O6. The van der Waals surface area contributed by atoms with Gasteiger partial charge in [0, 0.05) is 18.9 Å². The molecule has 4 N–H and O–H groups in total. The van der Waals surface area contributed by atoms with E-state index < -0.39 is 55.7 Å². The van der Waals surface area contributed by atoms with Crippen molar-refractivity contribution in [2.75, 3.05) is 13.2 Å². The van der Waals surface area contributed by atoms with E-state index in [0.29, 0.717) is 0 Å². The summed E-state index contributed by atoms with van der Waals surface area (Å²) in [6.07, 6.45) is -9.80. The molecule has 0 aromatic heterocycles. The molecule has 0 radical (unpaired) electrons. The number of hydrogen-bond acceptors (Lipinski definition) is 5. The highest BCUT2D eigenvalue weighted by molar-refractivity contribution is 5.86. The second-order valence-corrected chi connectivity index (χ2v) is 7.78. The lowest BCUT2D eigenvalue weighted by atomic mass is 9.98. The van der Waals surface area contributed by atoms with Gasteiger partial charge in [0.15, 0.2) is 6.10 Å². The Balaban J connectivity index is 1.62. The van der Waals surface area contributed by atoms with Gasteiger partial charge in [-0.1, -0.05) is 48.5 Å². The molecule has 0 saturated heterocycles. The molecule has 1 aliphatic carbocycles. The largest absolute Gasteiger partial charge is 0.479 e. The maximum atomic E-state index is 12.9. The van der Waals surface area contributed by atoms with E-state index in [9.17, 15) is 32.7 Å². The van der Waals surface area contributed by atoms with E-state index in [2.05, 4.69) is 5.32 Å². The number of alkyl halides is 3. The maximum Gasteiger partial charge on any atom is 0.407 e. The van der Waals surface area contributed by atoms with E-state index in [0.717, 1.165) is 22.3 Å². The van der Waals surface area contributed by atoms with E-state index in [1.54, 1.807) is 0 Å². The number of ether oxygens (including phenoxy) is 1. The number of hydrogen-bond donors (Lipinski definition) is 4. The predicted octanol–water partition coefficient (Wildman–Crippen LogP) is 2.80. The molecule has 0 saturated carbocycles. The maximum absolute atomic E-state index is 12.9. The van der Waals surface area contributed by atoms with Crippen molar-refractivity contribution in [1.82, 2.24) is 10.6 Å². The molecule has 2 atom stereocenters. The van der Waals surface area contributed by atoms with Crippen LogP contribution < -0.4 is 10.6 Å². The number of nitrogens with one attached hydrogen (secondary N) is 2. The molecule has 11 heteroatoms. The van der Waals surface area contributed by atoms with Gasteiger partial charge in [-0.25, -0.2) is 9.59 Å². The quantitative estimate of drug-likeness (QED) is 0.438. The van der Waals surface area contributed by atoms with Crippen LogP contribution in [0.25, 0.3) is 11.1 Å². The summed E-state index contributed by atoms with van der Waals surface area (Å²) in [5.41, 5.74) is 3.78. The summed E-state index contributed by atoms with van der Waals surface area (Å²) in [5.74, 6) is -3.02. The van der Waals surface area contributed by atoms with Crippen molar-refractivity contribution in [2.45, 2.75) is 37.1 Å². The standard InChI is InChI=1S/C23H23F3N2O6/c24-23(25,26)11-18(20(30)27-10-9-19(29)21(31)32)28-22(33)34-12-17-15-7-3-1-5-13(15)14-6-2-4-8-16(14)17/h1-8,17-19,29H,9-12H2,(H,27,30)(H,28,33)(H,31,32)/t18?,19-/m0/s1. The van der Waals surface area contributed by atoms with E-state index >= 15 is 0 Å². The van der Waals surface area contributed by atoms with Crippen LogP contribution in [-0.2, 0) is 14.3 Å². The van der Waals surface area contributed by atoms with Crippen LogP contribution in [0.2, 0.25) is 0 Å². The third-order valence-electron chi connectivity index (χ3n) is 5.39. The minimum absolute atomic E-state index is 0.148. The first-order valence-corrected chi connectivity index (χ1v) is 10.4. The third-order valence-corrected chi connectivity index (χ3v) is 5.39. The lowest BCUT2D eigenvalue weighted by Gasteiger charge is -2.21. The number of carbonyl (C=O) groups is 3. The monoisotopic (exact) mass is 480 g/mol. The summed E-state index contributed by atoms with van der Waals surface area (Å²) in [5, 5.41) is 21.8. The van der Waals surface area contributed by atoms with Gasteiger partial charge in [0.1, 0.15) is 12.6 Å². The molecule has 2 aromatic carbocycles. The summed E-state index contributed by atoms with van der Waals surface area (Å²) in [4.78, 5) is 35.1. The molecule has 0 bridgehead atoms. The number of fused-ring (bicyclic) bond motifs is 3. The van der Waals surface area contributed by atoms with Crippen LogP contribution in [-0.4, -0.2) is 59.7 Å². The zero-order valence-corrected chi connectivity index (χ0v) is 17.8. The van der Waals surface area contributed by atoms with Crippen LogP contribution in [0, 0.1) is 0 Å². The number of alkyl carbamates (subject to hydrolysis) is 1. The predicted molar refractivity (Wildman–Crippen MR) is 114 cm³/mol. The number of carboxylic acid groups (broad SMARTS) is 1. The average molecular weight is 480 g/mol. The second-order valence-electron chi connectivity index (χ2n) is 7.78. The van der Waals surface area contributed by atoms with Gasteiger partial charge in [0.05, 0.1) is 6.42 Å². The van der Waals surface area contributed by atoms with Crippen LogP contribution >= 0.6 is 0 Å². The molecule has 8 nitrogen and oxygen atoms in total. The number of rotatable bonds is 9. The highest BCUT2D eigenvalue weighted by Crippen LogP contribution is 2.44. The minimum atomic E-state index is -4.76. The number of benzene rings is 2. The van der Waals surface area contributed by atoms with Gasteiger partial charge in [-0.3, -0.25) is 4.79 Å². The Bertz CT molecular complexity index is 1010. The first kappa shape index (κ1) is 25.0. The number of aliphatic carboxylic acids is 1. The fourth-order valence-corrected chi connectivity index (χ4v) is 3.80. The second kappa shape index (κ2) is 10.6. The minimum Gasteiger partial charge on any atom is -0.479 e. The van der Waals surface area contributed by atoms with Gasteiger partial charge < -0.3 is 25.6 Å².